The van der Waals surface area contributed by atoms with Crippen molar-refractivity contribution in [3.8, 4) is 0 Å². The van der Waals surface area contributed by atoms with E-state index in [4.69, 9.17) is 0 Å². The van der Waals surface area contributed by atoms with Crippen LogP contribution in [0.1, 0.15) is 30.3 Å². The minimum absolute atomic E-state index is 0.0304. The second kappa shape index (κ2) is 5.82. The van der Waals surface area contributed by atoms with E-state index in [1.54, 1.807) is 6.20 Å². The molecule has 4 heteroatoms. The van der Waals surface area contributed by atoms with Crippen LogP contribution in [0.5, 0.6) is 0 Å². The number of aliphatic hydroxyl groups is 1. The number of hydrogen-bond donors (Lipinski definition) is 1. The van der Waals surface area contributed by atoms with Gasteiger partial charge in [0.15, 0.2) is 0 Å². The van der Waals surface area contributed by atoms with Crippen LogP contribution in [0.25, 0.3) is 10.8 Å². The standard InChI is InChI=1S/C17H20N2O2/c1-2-12-11-19(10-8-15(12)20)17(21)16-14-6-4-3-5-13(14)7-9-18-16/h3-7,9,12,15,20H,2,8,10-11H2,1H3. The van der Waals surface area contributed by atoms with E-state index in [9.17, 15) is 9.90 Å². The molecule has 0 saturated carbocycles. The van der Waals surface area contributed by atoms with Crippen molar-refractivity contribution in [2.75, 3.05) is 13.1 Å². The predicted molar refractivity (Wildman–Crippen MR) is 82.1 cm³/mol. The lowest BCUT2D eigenvalue weighted by Gasteiger charge is -2.35. The van der Waals surface area contributed by atoms with E-state index in [1.807, 2.05) is 35.2 Å². The average Bonchev–Trinajstić information content (AvgIpc) is 2.54. The third kappa shape index (κ3) is 2.63. The highest BCUT2D eigenvalue weighted by Crippen LogP contribution is 2.23. The lowest BCUT2D eigenvalue weighted by molar-refractivity contribution is 0.0227. The highest BCUT2D eigenvalue weighted by molar-refractivity contribution is 6.05. The summed E-state index contributed by atoms with van der Waals surface area (Å²) in [4.78, 5) is 18.9. The van der Waals surface area contributed by atoms with E-state index in [0.717, 1.165) is 17.2 Å². The van der Waals surface area contributed by atoms with Gasteiger partial charge in [0.1, 0.15) is 5.69 Å². The van der Waals surface area contributed by atoms with Gasteiger partial charge in [-0.2, -0.15) is 0 Å². The Kier molecular flexibility index (Phi) is 3.88. The summed E-state index contributed by atoms with van der Waals surface area (Å²) in [6.07, 6.45) is 2.92. The molecule has 1 aliphatic heterocycles. The molecule has 1 fully saturated rings. The maximum Gasteiger partial charge on any atom is 0.273 e. The number of benzene rings is 1. The molecule has 0 spiro atoms. The summed E-state index contributed by atoms with van der Waals surface area (Å²) >= 11 is 0. The number of aromatic nitrogens is 1. The Labute approximate surface area is 124 Å². The van der Waals surface area contributed by atoms with Gasteiger partial charge in [-0.15, -0.1) is 0 Å². The first-order chi connectivity index (χ1) is 10.2. The minimum atomic E-state index is -0.292. The fraction of sp³-hybridized carbons (Fsp3) is 0.412. The van der Waals surface area contributed by atoms with Crippen molar-refractivity contribution in [3.63, 3.8) is 0 Å². The average molecular weight is 284 g/mol. The molecule has 1 aromatic carbocycles. The lowest BCUT2D eigenvalue weighted by atomic mass is 9.92. The number of hydrogen-bond acceptors (Lipinski definition) is 3. The quantitative estimate of drug-likeness (QED) is 0.921. The number of fused-ring (bicyclic) bond motifs is 1. The SMILES string of the molecule is CCC1CN(C(=O)c2nccc3ccccc23)CCC1O. The first-order valence-corrected chi connectivity index (χ1v) is 7.51. The van der Waals surface area contributed by atoms with E-state index in [0.29, 0.717) is 25.2 Å². The van der Waals surface area contributed by atoms with Gasteiger partial charge in [0, 0.05) is 30.6 Å². The van der Waals surface area contributed by atoms with Gasteiger partial charge in [-0.1, -0.05) is 31.2 Å². The second-order valence-corrected chi connectivity index (χ2v) is 5.66. The topological polar surface area (TPSA) is 53.4 Å². The molecule has 1 N–H and O–H groups in total. The molecular formula is C17H20N2O2. The summed E-state index contributed by atoms with van der Waals surface area (Å²) in [6, 6.07) is 9.73. The number of aliphatic hydroxyl groups excluding tert-OH is 1. The number of nitrogens with zero attached hydrogens (tertiary/aromatic N) is 2. The third-order valence-electron chi connectivity index (χ3n) is 4.38. The summed E-state index contributed by atoms with van der Waals surface area (Å²) in [5, 5.41) is 11.9. The first-order valence-electron chi connectivity index (χ1n) is 7.51. The molecule has 4 nitrogen and oxygen atoms in total. The Balaban J connectivity index is 1.90. The van der Waals surface area contributed by atoms with Crippen LogP contribution in [-0.2, 0) is 0 Å². The Morgan fingerprint density at radius 2 is 2.19 bits per heavy atom. The monoisotopic (exact) mass is 284 g/mol. The summed E-state index contributed by atoms with van der Waals surface area (Å²) in [7, 11) is 0. The second-order valence-electron chi connectivity index (χ2n) is 5.66. The van der Waals surface area contributed by atoms with Gasteiger partial charge < -0.3 is 10.0 Å². The molecule has 2 aromatic rings. The Morgan fingerprint density at radius 3 is 3.00 bits per heavy atom. The fourth-order valence-electron chi connectivity index (χ4n) is 3.05. The highest BCUT2D eigenvalue weighted by Gasteiger charge is 2.30. The Morgan fingerprint density at radius 1 is 1.38 bits per heavy atom. The summed E-state index contributed by atoms with van der Waals surface area (Å²) in [5.74, 6) is 0.134. The maximum absolute atomic E-state index is 12.8. The lowest BCUT2D eigenvalue weighted by Crippen LogP contribution is -2.46. The molecule has 2 heterocycles. The van der Waals surface area contributed by atoms with E-state index in [-0.39, 0.29) is 17.9 Å². The van der Waals surface area contributed by atoms with Gasteiger partial charge in [-0.3, -0.25) is 9.78 Å². The summed E-state index contributed by atoms with van der Waals surface area (Å²) in [5.41, 5.74) is 0.513. The zero-order chi connectivity index (χ0) is 14.8. The first kappa shape index (κ1) is 14.0. The molecule has 0 bridgehead atoms. The maximum atomic E-state index is 12.8. The highest BCUT2D eigenvalue weighted by atomic mass is 16.3. The third-order valence-corrected chi connectivity index (χ3v) is 4.38. The van der Waals surface area contributed by atoms with Crippen LogP contribution in [-0.4, -0.2) is 40.1 Å². The van der Waals surface area contributed by atoms with Crippen LogP contribution in [0, 0.1) is 5.92 Å². The Hall–Kier alpha value is -1.94. The van der Waals surface area contributed by atoms with Gasteiger partial charge in [-0.05, 0) is 24.3 Å². The molecule has 0 radical (unpaired) electrons. The molecule has 0 aliphatic carbocycles. The summed E-state index contributed by atoms with van der Waals surface area (Å²) in [6.45, 7) is 3.26. The fourth-order valence-corrected chi connectivity index (χ4v) is 3.05. The number of rotatable bonds is 2. The Bertz CT molecular complexity index is 651. The van der Waals surface area contributed by atoms with Crippen molar-refractivity contribution in [2.45, 2.75) is 25.9 Å². The molecule has 1 aromatic heterocycles. The van der Waals surface area contributed by atoms with E-state index >= 15 is 0 Å². The van der Waals surface area contributed by atoms with Gasteiger partial charge in [0.05, 0.1) is 6.10 Å². The minimum Gasteiger partial charge on any atom is -0.393 e. The molecule has 3 rings (SSSR count). The molecular weight excluding hydrogens is 264 g/mol. The van der Waals surface area contributed by atoms with Crippen molar-refractivity contribution in [1.29, 1.82) is 0 Å². The molecule has 1 aliphatic rings. The van der Waals surface area contributed by atoms with Crippen molar-refractivity contribution in [1.82, 2.24) is 9.88 Å². The van der Waals surface area contributed by atoms with Gasteiger partial charge in [0.2, 0.25) is 0 Å². The van der Waals surface area contributed by atoms with Crippen molar-refractivity contribution >= 4 is 16.7 Å². The molecule has 2 atom stereocenters. The van der Waals surface area contributed by atoms with E-state index in [2.05, 4.69) is 11.9 Å². The van der Waals surface area contributed by atoms with Crippen molar-refractivity contribution in [2.24, 2.45) is 5.92 Å². The zero-order valence-electron chi connectivity index (χ0n) is 12.2. The van der Waals surface area contributed by atoms with Crippen LogP contribution in [0.2, 0.25) is 0 Å². The predicted octanol–water partition coefficient (Wildman–Crippen LogP) is 2.47. The number of piperidine rings is 1. The number of carbonyl (C=O) groups is 1. The van der Waals surface area contributed by atoms with Gasteiger partial charge >= 0.3 is 0 Å². The van der Waals surface area contributed by atoms with Crippen molar-refractivity contribution in [3.05, 3.63) is 42.2 Å². The molecule has 1 saturated heterocycles. The number of carbonyl (C=O) groups excluding carboxylic acids is 1. The zero-order valence-corrected chi connectivity index (χ0v) is 12.2. The van der Waals surface area contributed by atoms with Crippen LogP contribution in [0.15, 0.2) is 36.5 Å². The summed E-state index contributed by atoms with van der Waals surface area (Å²) < 4.78 is 0. The van der Waals surface area contributed by atoms with Gasteiger partial charge in [0.25, 0.3) is 5.91 Å². The largest absolute Gasteiger partial charge is 0.393 e. The molecule has 110 valence electrons. The van der Waals surface area contributed by atoms with Crippen molar-refractivity contribution < 1.29 is 9.90 Å². The smallest absolute Gasteiger partial charge is 0.273 e. The molecule has 1 amide bonds. The molecule has 2 unspecified atom stereocenters. The van der Waals surface area contributed by atoms with Crippen LogP contribution in [0.4, 0.5) is 0 Å². The van der Waals surface area contributed by atoms with E-state index < -0.39 is 0 Å². The van der Waals surface area contributed by atoms with Crippen LogP contribution < -0.4 is 0 Å². The normalized spacial score (nSPS) is 22.5. The number of likely N-dealkylation sites (tertiary alicyclic amines) is 1. The number of amides is 1. The van der Waals surface area contributed by atoms with Crippen LogP contribution in [0.3, 0.4) is 0 Å². The van der Waals surface area contributed by atoms with Crippen LogP contribution >= 0.6 is 0 Å². The number of pyridine rings is 1. The molecule has 21 heavy (non-hydrogen) atoms. The van der Waals surface area contributed by atoms with Gasteiger partial charge in [-0.25, -0.2) is 0 Å². The van der Waals surface area contributed by atoms with E-state index in [1.165, 1.54) is 0 Å².